The van der Waals surface area contributed by atoms with Gasteiger partial charge in [-0.3, -0.25) is 0 Å². The van der Waals surface area contributed by atoms with Gasteiger partial charge < -0.3 is 0 Å². The maximum Gasteiger partial charge on any atom is 0.168 e. The number of nitriles is 2. The van der Waals surface area contributed by atoms with Crippen molar-refractivity contribution in [2.75, 3.05) is 0 Å². The normalized spacial score (nSPS) is 27.6. The molecular formula is C23H24N2. The monoisotopic (exact) mass is 328 g/mol. The molecule has 0 amide bonds. The fraction of sp³-hybridized carbons (Fsp3) is 0.391. The van der Waals surface area contributed by atoms with E-state index in [1.165, 1.54) is 11.1 Å². The Balaban J connectivity index is 2.25. The molecular weight excluding hydrogens is 304 g/mol. The first-order valence-corrected chi connectivity index (χ1v) is 8.93. The lowest BCUT2D eigenvalue weighted by molar-refractivity contribution is 0.321. The second-order valence-electron chi connectivity index (χ2n) is 7.41. The molecule has 0 bridgehead atoms. The van der Waals surface area contributed by atoms with Crippen LogP contribution in [-0.2, 0) is 0 Å². The van der Waals surface area contributed by atoms with E-state index in [-0.39, 0.29) is 11.8 Å². The Kier molecular flexibility index (Phi) is 4.65. The maximum absolute atomic E-state index is 9.94. The van der Waals surface area contributed by atoms with Crippen molar-refractivity contribution in [3.05, 3.63) is 71.3 Å². The fourth-order valence-corrected chi connectivity index (χ4v) is 4.66. The molecule has 3 atom stereocenters. The summed E-state index contributed by atoms with van der Waals surface area (Å²) in [4.78, 5) is 0. The minimum atomic E-state index is -1.05. The molecule has 0 spiro atoms. The summed E-state index contributed by atoms with van der Waals surface area (Å²) in [5.41, 5.74) is 3.61. The van der Waals surface area contributed by atoms with Crippen LogP contribution in [0.15, 0.2) is 65.8 Å². The first-order valence-electron chi connectivity index (χ1n) is 8.93. The molecule has 0 heterocycles. The molecule has 1 aromatic carbocycles. The molecule has 0 aromatic heterocycles. The Morgan fingerprint density at radius 3 is 2.48 bits per heavy atom. The molecule has 1 aromatic rings. The topological polar surface area (TPSA) is 47.6 Å². The Bertz CT molecular complexity index is 800. The molecule has 1 unspecified atom stereocenters. The van der Waals surface area contributed by atoms with Gasteiger partial charge in [0.25, 0.3) is 0 Å². The summed E-state index contributed by atoms with van der Waals surface area (Å²) < 4.78 is 0. The highest BCUT2D eigenvalue weighted by atomic mass is 14.5. The van der Waals surface area contributed by atoms with Crippen LogP contribution in [0.1, 0.15) is 44.6 Å². The fourth-order valence-electron chi connectivity index (χ4n) is 4.66. The molecule has 126 valence electrons. The molecule has 0 fully saturated rings. The average Bonchev–Trinajstić information content (AvgIpc) is 2.80. The zero-order chi connectivity index (χ0) is 18.0. The first-order chi connectivity index (χ1) is 12.0. The van der Waals surface area contributed by atoms with Crippen LogP contribution in [0.25, 0.3) is 0 Å². The molecule has 25 heavy (non-hydrogen) atoms. The lowest BCUT2D eigenvalue weighted by Crippen LogP contribution is -2.35. The maximum atomic E-state index is 9.94. The van der Waals surface area contributed by atoms with Gasteiger partial charge >= 0.3 is 0 Å². The van der Waals surface area contributed by atoms with Crippen LogP contribution >= 0.6 is 0 Å². The summed E-state index contributed by atoms with van der Waals surface area (Å²) in [7, 11) is 0. The van der Waals surface area contributed by atoms with Crippen molar-refractivity contribution in [1.82, 2.24) is 0 Å². The zero-order valence-corrected chi connectivity index (χ0v) is 15.0. The smallest absolute Gasteiger partial charge is 0.168 e. The summed E-state index contributed by atoms with van der Waals surface area (Å²) in [6.07, 6.45) is 6.70. The van der Waals surface area contributed by atoms with Crippen LogP contribution in [0.3, 0.4) is 0 Å². The number of hydrogen-bond donors (Lipinski definition) is 0. The van der Waals surface area contributed by atoms with Gasteiger partial charge in [0.1, 0.15) is 0 Å². The Morgan fingerprint density at radius 1 is 1.20 bits per heavy atom. The van der Waals surface area contributed by atoms with Gasteiger partial charge in [-0.05, 0) is 49.7 Å². The molecule has 0 saturated carbocycles. The number of fused-ring (bicyclic) bond motifs is 1. The van der Waals surface area contributed by atoms with E-state index in [0.29, 0.717) is 12.3 Å². The van der Waals surface area contributed by atoms with Crippen molar-refractivity contribution in [3.63, 3.8) is 0 Å². The van der Waals surface area contributed by atoms with E-state index in [1.807, 2.05) is 12.1 Å². The van der Waals surface area contributed by atoms with Crippen molar-refractivity contribution >= 4 is 0 Å². The highest BCUT2D eigenvalue weighted by molar-refractivity contribution is 5.46. The van der Waals surface area contributed by atoms with Gasteiger partial charge in [-0.1, -0.05) is 60.2 Å². The van der Waals surface area contributed by atoms with E-state index >= 15 is 0 Å². The van der Waals surface area contributed by atoms with Crippen molar-refractivity contribution in [1.29, 1.82) is 10.5 Å². The van der Waals surface area contributed by atoms with Crippen LogP contribution in [0, 0.1) is 39.9 Å². The summed E-state index contributed by atoms with van der Waals surface area (Å²) in [5.74, 6) is 0.608. The standard InChI is InChI=1S/C23H24N2/c1-16(2)19-12-11-17(3)22-21(19)20(18-8-5-4-6-9-18)10-7-13-23(22,14-24)15-25/h4-10,19-21H,1,11-13H2,2-3H3/t19?,20-,21-/m0/s1. The zero-order valence-electron chi connectivity index (χ0n) is 15.0. The van der Waals surface area contributed by atoms with E-state index in [2.05, 4.69) is 62.9 Å². The predicted octanol–water partition coefficient (Wildman–Crippen LogP) is 5.68. The van der Waals surface area contributed by atoms with Crippen LogP contribution < -0.4 is 0 Å². The SMILES string of the molecule is C=C(C)C1CCC(C)=C2[C@@H]1[C@H](c1ccccc1)C=CCC2(C#N)C#N. The molecule has 2 aliphatic carbocycles. The van der Waals surface area contributed by atoms with Gasteiger partial charge in [0.05, 0.1) is 12.1 Å². The van der Waals surface area contributed by atoms with Gasteiger partial charge in [0.15, 0.2) is 5.41 Å². The van der Waals surface area contributed by atoms with Crippen molar-refractivity contribution in [2.45, 2.75) is 39.0 Å². The van der Waals surface area contributed by atoms with Gasteiger partial charge in [-0.15, -0.1) is 0 Å². The molecule has 2 heteroatoms. The van der Waals surface area contributed by atoms with Gasteiger partial charge in [0.2, 0.25) is 0 Å². The third kappa shape index (κ3) is 2.83. The quantitative estimate of drug-likeness (QED) is 0.655. The molecule has 0 saturated heterocycles. The van der Waals surface area contributed by atoms with E-state index in [4.69, 9.17) is 0 Å². The van der Waals surface area contributed by atoms with E-state index < -0.39 is 5.41 Å². The second-order valence-corrected chi connectivity index (χ2v) is 7.41. The molecule has 0 radical (unpaired) electrons. The van der Waals surface area contributed by atoms with Crippen LogP contribution in [0.4, 0.5) is 0 Å². The van der Waals surface area contributed by atoms with E-state index in [1.54, 1.807) is 0 Å². The molecule has 2 aliphatic rings. The van der Waals surface area contributed by atoms with Crippen LogP contribution in [0.5, 0.6) is 0 Å². The summed E-state index contributed by atoms with van der Waals surface area (Å²) in [6, 6.07) is 15.2. The molecule has 0 N–H and O–H groups in total. The van der Waals surface area contributed by atoms with Crippen molar-refractivity contribution in [3.8, 4) is 12.1 Å². The minimum Gasteiger partial charge on any atom is -0.196 e. The average molecular weight is 328 g/mol. The van der Waals surface area contributed by atoms with Gasteiger partial charge in [-0.2, -0.15) is 10.5 Å². The lowest BCUT2D eigenvalue weighted by Gasteiger charge is -2.42. The van der Waals surface area contributed by atoms with Gasteiger partial charge in [0, 0.05) is 12.3 Å². The molecule has 3 rings (SSSR count). The minimum absolute atomic E-state index is 0.131. The number of hydrogen-bond acceptors (Lipinski definition) is 2. The summed E-state index contributed by atoms with van der Waals surface area (Å²) >= 11 is 0. The Hall–Kier alpha value is -2.58. The predicted molar refractivity (Wildman–Crippen MR) is 100 cm³/mol. The van der Waals surface area contributed by atoms with E-state index in [0.717, 1.165) is 24.0 Å². The van der Waals surface area contributed by atoms with Crippen molar-refractivity contribution < 1.29 is 0 Å². The third-order valence-electron chi connectivity index (χ3n) is 5.87. The highest BCUT2D eigenvalue weighted by Gasteiger charge is 2.47. The van der Waals surface area contributed by atoms with Crippen LogP contribution in [-0.4, -0.2) is 0 Å². The Morgan fingerprint density at radius 2 is 1.88 bits per heavy atom. The number of nitrogens with zero attached hydrogens (tertiary/aromatic N) is 2. The first kappa shape index (κ1) is 17.2. The summed E-state index contributed by atoms with van der Waals surface area (Å²) in [6.45, 7) is 8.43. The second kappa shape index (κ2) is 6.73. The van der Waals surface area contributed by atoms with Gasteiger partial charge in [-0.25, -0.2) is 0 Å². The van der Waals surface area contributed by atoms with Crippen molar-refractivity contribution in [2.24, 2.45) is 17.3 Å². The lowest BCUT2D eigenvalue weighted by atomic mass is 9.60. The molecule has 0 aliphatic heterocycles. The van der Waals surface area contributed by atoms with E-state index in [9.17, 15) is 10.5 Å². The van der Waals surface area contributed by atoms with Crippen LogP contribution in [0.2, 0.25) is 0 Å². The number of rotatable bonds is 2. The Labute approximate surface area is 150 Å². The molecule has 2 nitrogen and oxygen atoms in total. The number of benzene rings is 1. The largest absolute Gasteiger partial charge is 0.196 e. The highest BCUT2D eigenvalue weighted by Crippen LogP contribution is 2.54. The number of allylic oxidation sites excluding steroid dienone is 5. The third-order valence-corrected chi connectivity index (χ3v) is 5.87. The summed E-state index contributed by atoms with van der Waals surface area (Å²) in [5, 5.41) is 19.9.